The van der Waals surface area contributed by atoms with E-state index >= 15 is 0 Å². The Labute approximate surface area is 209 Å². The fourth-order valence-corrected chi connectivity index (χ4v) is 4.51. The number of aryl methyl sites for hydroxylation is 1. The Bertz CT molecular complexity index is 1270. The summed E-state index contributed by atoms with van der Waals surface area (Å²) in [5.74, 6) is 3.44. The van der Waals surface area contributed by atoms with Gasteiger partial charge in [0.15, 0.2) is 0 Å². The molecule has 0 radical (unpaired) electrons. The highest BCUT2D eigenvalue weighted by Crippen LogP contribution is 2.28. The number of methoxy groups -OCH3 is 2. The van der Waals surface area contributed by atoms with E-state index < -0.39 is 0 Å². The Morgan fingerprint density at radius 2 is 1.77 bits per heavy atom. The summed E-state index contributed by atoms with van der Waals surface area (Å²) in [7, 11) is 3.24. The molecule has 1 heterocycles. The molecule has 1 N–H and O–H groups in total. The van der Waals surface area contributed by atoms with Crippen LogP contribution in [0.15, 0.2) is 82.1 Å². The molecule has 0 aliphatic rings. The van der Waals surface area contributed by atoms with Gasteiger partial charge in [-0.1, -0.05) is 24.3 Å². The molecule has 4 rings (SSSR count). The average Bonchev–Trinajstić information content (AvgIpc) is 3.28. The molecule has 0 bridgehead atoms. The maximum atomic E-state index is 12.6. The number of thioether (sulfide) groups is 1. The van der Waals surface area contributed by atoms with Crippen molar-refractivity contribution in [3.63, 3.8) is 0 Å². The van der Waals surface area contributed by atoms with Crippen molar-refractivity contribution in [3.05, 3.63) is 95.4 Å². The second kappa shape index (κ2) is 11.6. The Hall–Kier alpha value is -3.71. The monoisotopic (exact) mass is 488 g/mol. The minimum Gasteiger partial charge on any atom is -0.497 e. The van der Waals surface area contributed by atoms with E-state index in [1.54, 1.807) is 38.1 Å². The summed E-state index contributed by atoms with van der Waals surface area (Å²) in [6, 6.07) is 23.2. The minimum absolute atomic E-state index is 0.132. The van der Waals surface area contributed by atoms with Crippen LogP contribution in [0.25, 0.3) is 11.5 Å². The van der Waals surface area contributed by atoms with E-state index in [-0.39, 0.29) is 5.91 Å². The van der Waals surface area contributed by atoms with Gasteiger partial charge in [-0.15, -0.1) is 11.8 Å². The van der Waals surface area contributed by atoms with Crippen LogP contribution in [0.1, 0.15) is 27.4 Å². The molecule has 0 aliphatic heterocycles. The number of ether oxygens (including phenoxy) is 2. The highest BCUT2D eigenvalue weighted by Gasteiger charge is 2.13. The van der Waals surface area contributed by atoms with Gasteiger partial charge in [-0.3, -0.25) is 4.79 Å². The van der Waals surface area contributed by atoms with Crippen LogP contribution in [0.3, 0.4) is 0 Å². The molecule has 0 atom stereocenters. The Balaban J connectivity index is 1.33. The van der Waals surface area contributed by atoms with Crippen molar-refractivity contribution >= 4 is 17.7 Å². The van der Waals surface area contributed by atoms with Gasteiger partial charge >= 0.3 is 0 Å². The predicted molar refractivity (Wildman–Crippen MR) is 138 cm³/mol. The first kappa shape index (κ1) is 24.4. The zero-order chi connectivity index (χ0) is 24.6. The summed E-state index contributed by atoms with van der Waals surface area (Å²) in [6.45, 7) is 2.42. The standard InChI is InChI=1S/C28H28N2O4S/c1-19-25(18-35-24-7-5-4-6-8-24)30-28(34-19)22-11-9-21(10-12-22)27(31)29-16-15-20-13-14-23(32-2)17-26(20)33-3/h4-14,17H,15-16,18H2,1-3H3,(H,29,31). The zero-order valence-electron chi connectivity index (χ0n) is 20.0. The number of aromatic nitrogens is 1. The highest BCUT2D eigenvalue weighted by atomic mass is 32.2. The fraction of sp³-hybridized carbons (Fsp3) is 0.214. The Morgan fingerprint density at radius 3 is 2.49 bits per heavy atom. The van der Waals surface area contributed by atoms with Crippen molar-refractivity contribution in [3.8, 4) is 23.0 Å². The van der Waals surface area contributed by atoms with E-state index in [1.165, 1.54) is 4.90 Å². The third kappa shape index (κ3) is 6.25. The number of nitrogens with one attached hydrogen (secondary N) is 1. The topological polar surface area (TPSA) is 73.6 Å². The lowest BCUT2D eigenvalue weighted by molar-refractivity contribution is 0.0954. The third-order valence-electron chi connectivity index (χ3n) is 5.58. The van der Waals surface area contributed by atoms with E-state index in [0.29, 0.717) is 24.4 Å². The summed E-state index contributed by atoms with van der Waals surface area (Å²) in [4.78, 5) is 18.5. The lowest BCUT2D eigenvalue weighted by Gasteiger charge is -2.11. The highest BCUT2D eigenvalue weighted by molar-refractivity contribution is 7.98. The van der Waals surface area contributed by atoms with Gasteiger partial charge in [-0.25, -0.2) is 4.98 Å². The molecule has 3 aromatic carbocycles. The van der Waals surface area contributed by atoms with Crippen LogP contribution >= 0.6 is 11.8 Å². The van der Waals surface area contributed by atoms with E-state index in [9.17, 15) is 4.79 Å². The quantitative estimate of drug-likeness (QED) is 0.279. The number of amides is 1. The Kier molecular flexibility index (Phi) is 8.11. The van der Waals surface area contributed by atoms with Gasteiger partial charge in [-0.2, -0.15) is 0 Å². The van der Waals surface area contributed by atoms with E-state index in [1.807, 2.05) is 55.5 Å². The first-order chi connectivity index (χ1) is 17.1. The molecule has 4 aromatic rings. The molecule has 0 fully saturated rings. The van der Waals surface area contributed by atoms with Gasteiger partial charge in [0.05, 0.1) is 19.9 Å². The number of benzene rings is 3. The first-order valence-electron chi connectivity index (χ1n) is 11.3. The molecule has 0 unspecified atom stereocenters. The summed E-state index contributed by atoms with van der Waals surface area (Å²) < 4.78 is 16.6. The normalized spacial score (nSPS) is 10.7. The van der Waals surface area contributed by atoms with Crippen LogP contribution < -0.4 is 14.8 Å². The molecule has 0 aliphatic carbocycles. The third-order valence-corrected chi connectivity index (χ3v) is 6.60. The maximum Gasteiger partial charge on any atom is 0.251 e. The number of nitrogens with zero attached hydrogens (tertiary/aromatic N) is 1. The maximum absolute atomic E-state index is 12.6. The summed E-state index contributed by atoms with van der Waals surface area (Å²) in [6.07, 6.45) is 0.649. The molecule has 180 valence electrons. The lowest BCUT2D eigenvalue weighted by atomic mass is 10.1. The van der Waals surface area contributed by atoms with Gasteiger partial charge < -0.3 is 19.2 Å². The molecule has 1 aromatic heterocycles. The molecule has 1 amide bonds. The number of hydrogen-bond acceptors (Lipinski definition) is 6. The number of hydrogen-bond donors (Lipinski definition) is 1. The van der Waals surface area contributed by atoms with Crippen LogP contribution in [0.2, 0.25) is 0 Å². The lowest BCUT2D eigenvalue weighted by Crippen LogP contribution is -2.25. The number of carbonyl (C=O) groups excluding carboxylic acids is 1. The predicted octanol–water partition coefficient (Wildman–Crippen LogP) is 5.93. The largest absolute Gasteiger partial charge is 0.497 e. The van der Waals surface area contributed by atoms with Gasteiger partial charge in [0.2, 0.25) is 5.89 Å². The second-order valence-corrected chi connectivity index (χ2v) is 8.93. The fourth-order valence-electron chi connectivity index (χ4n) is 3.59. The molecule has 6 nitrogen and oxygen atoms in total. The van der Waals surface area contributed by atoms with Crippen LogP contribution in [0.4, 0.5) is 0 Å². The summed E-state index contributed by atoms with van der Waals surface area (Å²) in [5, 5.41) is 2.96. The zero-order valence-corrected chi connectivity index (χ0v) is 20.9. The van der Waals surface area contributed by atoms with Crippen molar-refractivity contribution in [2.45, 2.75) is 24.0 Å². The summed E-state index contributed by atoms with van der Waals surface area (Å²) in [5.41, 5.74) is 3.34. The van der Waals surface area contributed by atoms with E-state index in [4.69, 9.17) is 13.9 Å². The molecule has 0 saturated heterocycles. The average molecular weight is 489 g/mol. The van der Waals surface area contributed by atoms with Crippen molar-refractivity contribution in [2.75, 3.05) is 20.8 Å². The first-order valence-corrected chi connectivity index (χ1v) is 12.3. The van der Waals surface area contributed by atoms with Gasteiger partial charge in [0.25, 0.3) is 5.91 Å². The smallest absolute Gasteiger partial charge is 0.251 e. The van der Waals surface area contributed by atoms with Crippen LogP contribution in [-0.2, 0) is 12.2 Å². The molecular weight excluding hydrogens is 460 g/mol. The van der Waals surface area contributed by atoms with Gasteiger partial charge in [0, 0.05) is 34.4 Å². The number of rotatable bonds is 10. The second-order valence-electron chi connectivity index (χ2n) is 7.88. The van der Waals surface area contributed by atoms with E-state index in [0.717, 1.165) is 39.8 Å². The molecule has 0 spiro atoms. The summed E-state index contributed by atoms with van der Waals surface area (Å²) >= 11 is 1.72. The van der Waals surface area contributed by atoms with E-state index in [2.05, 4.69) is 22.4 Å². The van der Waals surface area contributed by atoms with Crippen molar-refractivity contribution in [2.24, 2.45) is 0 Å². The molecular formula is C28H28N2O4S. The van der Waals surface area contributed by atoms with Gasteiger partial charge in [-0.05, 0) is 61.4 Å². The number of carbonyl (C=O) groups is 1. The van der Waals surface area contributed by atoms with Crippen LogP contribution in [0, 0.1) is 6.92 Å². The minimum atomic E-state index is -0.132. The van der Waals surface area contributed by atoms with Gasteiger partial charge in [0.1, 0.15) is 17.3 Å². The van der Waals surface area contributed by atoms with Crippen molar-refractivity contribution in [1.29, 1.82) is 0 Å². The SMILES string of the molecule is COc1ccc(CCNC(=O)c2ccc(-c3nc(CSc4ccccc4)c(C)o3)cc2)c(OC)c1. The van der Waals surface area contributed by atoms with Crippen LogP contribution in [-0.4, -0.2) is 31.7 Å². The number of oxazole rings is 1. The Morgan fingerprint density at radius 1 is 1.00 bits per heavy atom. The van der Waals surface area contributed by atoms with Crippen molar-refractivity contribution < 1.29 is 18.7 Å². The van der Waals surface area contributed by atoms with Crippen LogP contribution in [0.5, 0.6) is 11.5 Å². The molecule has 35 heavy (non-hydrogen) atoms. The molecule has 7 heteroatoms. The van der Waals surface area contributed by atoms with Crippen molar-refractivity contribution in [1.82, 2.24) is 10.3 Å². The molecule has 0 saturated carbocycles.